The van der Waals surface area contributed by atoms with Crippen LogP contribution in [0.1, 0.15) is 38.8 Å². The van der Waals surface area contributed by atoms with Gasteiger partial charge in [-0.3, -0.25) is 24.1 Å². The summed E-state index contributed by atoms with van der Waals surface area (Å²) in [5.41, 5.74) is 1.20. The number of amides is 3. The number of nitrogens with zero attached hydrogens (tertiary/aromatic N) is 2. The van der Waals surface area contributed by atoms with Crippen LogP contribution >= 0.6 is 0 Å². The van der Waals surface area contributed by atoms with Crippen molar-refractivity contribution in [2.24, 2.45) is 0 Å². The fraction of sp³-hybridized carbons (Fsp3) is 0.238. The molecule has 0 N–H and O–H groups in total. The van der Waals surface area contributed by atoms with Gasteiger partial charge in [0.1, 0.15) is 0 Å². The summed E-state index contributed by atoms with van der Waals surface area (Å²) in [4.78, 5) is 51.9. The molecule has 0 radical (unpaired) electrons. The second-order valence-electron chi connectivity index (χ2n) is 6.57. The molecule has 28 heavy (non-hydrogen) atoms. The van der Waals surface area contributed by atoms with E-state index in [0.717, 1.165) is 4.90 Å². The van der Waals surface area contributed by atoms with Gasteiger partial charge in [-0.05, 0) is 12.1 Å². The average Bonchev–Trinajstić information content (AvgIpc) is 2.95. The van der Waals surface area contributed by atoms with Gasteiger partial charge in [-0.1, -0.05) is 42.5 Å². The maximum Gasteiger partial charge on any atom is 0.308 e. The normalized spacial score (nSPS) is 13.9. The van der Waals surface area contributed by atoms with Crippen molar-refractivity contribution < 1.29 is 23.9 Å². The molecule has 1 atom stereocenters. The lowest BCUT2D eigenvalue weighted by Gasteiger charge is -2.21. The van der Waals surface area contributed by atoms with Gasteiger partial charge in [0.05, 0.1) is 17.5 Å². The Labute approximate surface area is 162 Å². The maximum absolute atomic E-state index is 12.4. The first-order chi connectivity index (χ1) is 13.4. The molecule has 7 heteroatoms. The van der Waals surface area contributed by atoms with E-state index in [2.05, 4.69) is 0 Å². The van der Waals surface area contributed by atoms with Gasteiger partial charge < -0.3 is 9.64 Å². The van der Waals surface area contributed by atoms with Crippen molar-refractivity contribution in [3.8, 4) is 0 Å². The predicted molar refractivity (Wildman–Crippen MR) is 100 cm³/mol. The molecule has 1 aliphatic rings. The summed E-state index contributed by atoms with van der Waals surface area (Å²) in [5.74, 6) is -1.91. The Hall–Kier alpha value is -3.48. The third kappa shape index (κ3) is 3.78. The Balaban J connectivity index is 1.67. The van der Waals surface area contributed by atoms with E-state index in [1.165, 1.54) is 4.90 Å². The molecule has 0 saturated heterocycles. The number of likely N-dealkylation sites (N-methyl/N-ethyl adjacent to an activating group) is 1. The van der Waals surface area contributed by atoms with Crippen molar-refractivity contribution in [2.75, 3.05) is 20.6 Å². The Morgan fingerprint density at radius 3 is 2.00 bits per heavy atom. The SMILES string of the molecule is CN(C)C(=O)[C@H](OC(=O)CCN1C(=O)c2ccccc2C1=O)c1ccccc1. The molecular weight excluding hydrogens is 360 g/mol. The standard InChI is InChI=1S/C21H20N2O5/c1-22(2)21(27)18(14-8-4-3-5-9-14)28-17(24)12-13-23-19(25)15-10-6-7-11-16(15)20(23)26/h3-11,18H,12-13H2,1-2H3/t18-/m1/s1. The highest BCUT2D eigenvalue weighted by molar-refractivity contribution is 6.21. The minimum absolute atomic E-state index is 0.108. The van der Waals surface area contributed by atoms with Gasteiger partial charge in [-0.25, -0.2) is 0 Å². The number of hydrogen-bond donors (Lipinski definition) is 0. The third-order valence-electron chi connectivity index (χ3n) is 4.43. The van der Waals surface area contributed by atoms with Gasteiger partial charge in [0, 0.05) is 26.2 Å². The molecule has 144 valence electrons. The summed E-state index contributed by atoms with van der Waals surface area (Å²) in [7, 11) is 3.15. The minimum atomic E-state index is -1.08. The molecule has 1 heterocycles. The van der Waals surface area contributed by atoms with E-state index >= 15 is 0 Å². The molecule has 0 bridgehead atoms. The molecule has 3 amide bonds. The van der Waals surface area contributed by atoms with Gasteiger partial charge in [0.2, 0.25) is 6.10 Å². The van der Waals surface area contributed by atoms with Crippen LogP contribution in [0.2, 0.25) is 0 Å². The Bertz CT molecular complexity index is 888. The summed E-state index contributed by atoms with van der Waals surface area (Å²) < 4.78 is 5.39. The highest BCUT2D eigenvalue weighted by atomic mass is 16.5. The van der Waals surface area contributed by atoms with Crippen LogP contribution in [0.3, 0.4) is 0 Å². The van der Waals surface area contributed by atoms with E-state index in [-0.39, 0.29) is 18.9 Å². The number of imide groups is 1. The van der Waals surface area contributed by atoms with Crippen LogP contribution in [-0.2, 0) is 14.3 Å². The number of esters is 1. The van der Waals surface area contributed by atoms with Crippen molar-refractivity contribution in [3.05, 3.63) is 71.3 Å². The third-order valence-corrected chi connectivity index (χ3v) is 4.43. The van der Waals surface area contributed by atoms with Crippen molar-refractivity contribution in [3.63, 3.8) is 0 Å². The molecular formula is C21H20N2O5. The van der Waals surface area contributed by atoms with Crippen molar-refractivity contribution in [1.82, 2.24) is 9.80 Å². The van der Waals surface area contributed by atoms with Crippen molar-refractivity contribution in [1.29, 1.82) is 0 Å². The zero-order chi connectivity index (χ0) is 20.3. The highest BCUT2D eigenvalue weighted by Gasteiger charge is 2.35. The quantitative estimate of drug-likeness (QED) is 0.566. The van der Waals surface area contributed by atoms with E-state index in [1.807, 2.05) is 0 Å². The van der Waals surface area contributed by atoms with Gasteiger partial charge in [-0.15, -0.1) is 0 Å². The van der Waals surface area contributed by atoms with Gasteiger partial charge >= 0.3 is 5.97 Å². The lowest BCUT2D eigenvalue weighted by molar-refractivity contribution is -0.159. The fourth-order valence-electron chi connectivity index (χ4n) is 2.96. The number of carbonyl (C=O) groups is 4. The number of rotatable bonds is 6. The molecule has 0 aromatic heterocycles. The molecule has 1 aliphatic heterocycles. The fourth-order valence-corrected chi connectivity index (χ4v) is 2.96. The van der Waals surface area contributed by atoms with Gasteiger partial charge in [0.15, 0.2) is 0 Å². The van der Waals surface area contributed by atoms with E-state index in [1.54, 1.807) is 68.7 Å². The van der Waals surface area contributed by atoms with Crippen LogP contribution in [0, 0.1) is 0 Å². The summed E-state index contributed by atoms with van der Waals surface area (Å²) in [6, 6.07) is 15.2. The van der Waals surface area contributed by atoms with Gasteiger partial charge in [-0.2, -0.15) is 0 Å². The molecule has 7 nitrogen and oxygen atoms in total. The van der Waals surface area contributed by atoms with Crippen molar-refractivity contribution in [2.45, 2.75) is 12.5 Å². The average molecular weight is 380 g/mol. The second-order valence-corrected chi connectivity index (χ2v) is 6.57. The minimum Gasteiger partial charge on any atom is -0.447 e. The summed E-state index contributed by atoms with van der Waals surface area (Å²) in [6.07, 6.45) is -1.28. The number of fused-ring (bicyclic) bond motifs is 1. The van der Waals surface area contributed by atoms with Crippen LogP contribution < -0.4 is 0 Å². The molecule has 0 aliphatic carbocycles. The first-order valence-corrected chi connectivity index (χ1v) is 8.81. The molecule has 0 unspecified atom stereocenters. The zero-order valence-electron chi connectivity index (χ0n) is 15.6. The Morgan fingerprint density at radius 2 is 1.46 bits per heavy atom. The highest BCUT2D eigenvalue weighted by Crippen LogP contribution is 2.24. The largest absolute Gasteiger partial charge is 0.447 e. The number of hydrogen-bond acceptors (Lipinski definition) is 5. The molecule has 0 fully saturated rings. The van der Waals surface area contributed by atoms with Gasteiger partial charge in [0.25, 0.3) is 17.7 Å². The zero-order valence-corrected chi connectivity index (χ0v) is 15.6. The second kappa shape index (κ2) is 8.04. The van der Waals surface area contributed by atoms with Crippen LogP contribution in [0.25, 0.3) is 0 Å². The summed E-state index contributed by atoms with van der Waals surface area (Å²) in [6.45, 7) is -0.108. The maximum atomic E-state index is 12.4. The van der Waals surface area contributed by atoms with E-state index < -0.39 is 23.9 Å². The molecule has 0 spiro atoms. The molecule has 0 saturated carbocycles. The predicted octanol–water partition coefficient (Wildman–Crippen LogP) is 2.05. The molecule has 3 rings (SSSR count). The summed E-state index contributed by atoms with van der Waals surface area (Å²) in [5, 5.41) is 0. The van der Waals surface area contributed by atoms with Crippen LogP contribution in [0.5, 0.6) is 0 Å². The first kappa shape index (κ1) is 19.3. The smallest absolute Gasteiger partial charge is 0.308 e. The first-order valence-electron chi connectivity index (χ1n) is 8.81. The van der Waals surface area contributed by atoms with Crippen LogP contribution in [-0.4, -0.2) is 54.1 Å². The van der Waals surface area contributed by atoms with E-state index in [0.29, 0.717) is 16.7 Å². The van der Waals surface area contributed by atoms with E-state index in [9.17, 15) is 19.2 Å². The Kier molecular flexibility index (Phi) is 5.54. The lowest BCUT2D eigenvalue weighted by atomic mass is 10.1. The molecule has 2 aromatic carbocycles. The summed E-state index contributed by atoms with van der Waals surface area (Å²) >= 11 is 0. The molecule has 2 aromatic rings. The van der Waals surface area contributed by atoms with E-state index in [4.69, 9.17) is 4.74 Å². The number of ether oxygens (including phenoxy) is 1. The van der Waals surface area contributed by atoms with Crippen LogP contribution in [0.15, 0.2) is 54.6 Å². The monoisotopic (exact) mass is 380 g/mol. The Morgan fingerprint density at radius 1 is 0.929 bits per heavy atom. The topological polar surface area (TPSA) is 84.0 Å². The number of carbonyl (C=O) groups excluding carboxylic acids is 4. The lowest BCUT2D eigenvalue weighted by Crippen LogP contribution is -2.34. The number of benzene rings is 2. The van der Waals surface area contributed by atoms with Crippen LogP contribution in [0.4, 0.5) is 0 Å². The van der Waals surface area contributed by atoms with Crippen molar-refractivity contribution >= 4 is 23.7 Å².